The summed E-state index contributed by atoms with van der Waals surface area (Å²) in [5.74, 6) is 0.690. The Bertz CT molecular complexity index is 377. The van der Waals surface area contributed by atoms with Crippen LogP contribution in [0.25, 0.3) is 0 Å². The second-order valence-electron chi connectivity index (χ2n) is 5.37. The molecule has 1 rings (SSSR count). The lowest BCUT2D eigenvalue weighted by molar-refractivity contribution is 0.0259. The van der Waals surface area contributed by atoms with E-state index in [2.05, 4.69) is 20.8 Å². The van der Waals surface area contributed by atoms with E-state index in [4.69, 9.17) is 10.5 Å². The molecule has 102 valence electrons. The zero-order valence-electron chi connectivity index (χ0n) is 11.8. The topological polar surface area (TPSA) is 55.5 Å². The summed E-state index contributed by atoms with van der Waals surface area (Å²) < 4.78 is 5.36. The van der Waals surface area contributed by atoms with Crippen LogP contribution in [0.3, 0.4) is 0 Å². The molecule has 3 heteroatoms. The van der Waals surface area contributed by atoms with Gasteiger partial charge in [-0.15, -0.1) is 0 Å². The van der Waals surface area contributed by atoms with E-state index in [0.29, 0.717) is 6.54 Å². The van der Waals surface area contributed by atoms with Gasteiger partial charge in [-0.05, 0) is 17.9 Å². The third-order valence-electron chi connectivity index (χ3n) is 3.89. The average molecular weight is 251 g/mol. The summed E-state index contributed by atoms with van der Waals surface area (Å²) in [5.41, 5.74) is 6.69. The van der Waals surface area contributed by atoms with Crippen LogP contribution < -0.4 is 10.5 Å². The SMILES string of the molecule is CCC(C)(C)C(O)C(CN)c1ccccc1OC. The number of hydrogen-bond acceptors (Lipinski definition) is 3. The van der Waals surface area contributed by atoms with Crippen molar-refractivity contribution < 1.29 is 9.84 Å². The van der Waals surface area contributed by atoms with Crippen LogP contribution >= 0.6 is 0 Å². The highest BCUT2D eigenvalue weighted by molar-refractivity contribution is 5.37. The number of ether oxygens (including phenoxy) is 1. The molecular weight excluding hydrogens is 226 g/mol. The Balaban J connectivity index is 3.10. The number of rotatable bonds is 6. The lowest BCUT2D eigenvalue weighted by Crippen LogP contribution is -2.37. The van der Waals surface area contributed by atoms with Crippen LogP contribution in [0, 0.1) is 5.41 Å². The number of nitrogens with two attached hydrogens (primary N) is 1. The summed E-state index contributed by atoms with van der Waals surface area (Å²) in [6, 6.07) is 7.76. The molecule has 0 bridgehead atoms. The van der Waals surface area contributed by atoms with E-state index < -0.39 is 6.10 Å². The predicted octanol–water partition coefficient (Wildman–Crippen LogP) is 2.53. The van der Waals surface area contributed by atoms with Crippen molar-refractivity contribution in [1.82, 2.24) is 0 Å². The summed E-state index contributed by atoms with van der Waals surface area (Å²) in [6.45, 7) is 6.62. The van der Waals surface area contributed by atoms with Gasteiger partial charge in [0, 0.05) is 18.0 Å². The van der Waals surface area contributed by atoms with Crippen molar-refractivity contribution in [3.63, 3.8) is 0 Å². The minimum Gasteiger partial charge on any atom is -0.496 e. The Hall–Kier alpha value is -1.06. The van der Waals surface area contributed by atoms with Crippen molar-refractivity contribution in [3.05, 3.63) is 29.8 Å². The molecule has 1 aromatic carbocycles. The molecule has 0 saturated heterocycles. The highest BCUT2D eigenvalue weighted by Crippen LogP contribution is 2.37. The number of aliphatic hydroxyl groups excluding tert-OH is 1. The van der Waals surface area contributed by atoms with Gasteiger partial charge in [0.05, 0.1) is 13.2 Å². The van der Waals surface area contributed by atoms with E-state index in [9.17, 15) is 5.11 Å². The summed E-state index contributed by atoms with van der Waals surface area (Å²) in [5, 5.41) is 10.6. The molecule has 3 nitrogen and oxygen atoms in total. The normalized spacial score (nSPS) is 15.2. The molecule has 3 N–H and O–H groups in total. The first-order valence-corrected chi connectivity index (χ1v) is 6.49. The van der Waals surface area contributed by atoms with Gasteiger partial charge in [-0.2, -0.15) is 0 Å². The second-order valence-corrected chi connectivity index (χ2v) is 5.37. The number of benzene rings is 1. The maximum absolute atomic E-state index is 10.6. The molecule has 0 aliphatic carbocycles. The zero-order valence-corrected chi connectivity index (χ0v) is 11.8. The van der Waals surface area contributed by atoms with Crippen LogP contribution in [0.15, 0.2) is 24.3 Å². The summed E-state index contributed by atoms with van der Waals surface area (Å²) in [4.78, 5) is 0. The van der Waals surface area contributed by atoms with Crippen LogP contribution in [-0.2, 0) is 0 Å². The Kier molecular flexibility index (Phi) is 5.17. The maximum Gasteiger partial charge on any atom is 0.122 e. The van der Waals surface area contributed by atoms with Crippen LogP contribution in [0.5, 0.6) is 5.75 Å². The van der Waals surface area contributed by atoms with Gasteiger partial charge < -0.3 is 15.6 Å². The van der Waals surface area contributed by atoms with E-state index in [1.54, 1.807) is 7.11 Å². The van der Waals surface area contributed by atoms with E-state index >= 15 is 0 Å². The van der Waals surface area contributed by atoms with Crippen molar-refractivity contribution in [2.75, 3.05) is 13.7 Å². The van der Waals surface area contributed by atoms with Gasteiger partial charge in [0.15, 0.2) is 0 Å². The fraction of sp³-hybridized carbons (Fsp3) is 0.600. The first-order chi connectivity index (χ1) is 8.47. The quantitative estimate of drug-likeness (QED) is 0.817. The fourth-order valence-electron chi connectivity index (χ4n) is 2.15. The maximum atomic E-state index is 10.6. The molecule has 0 heterocycles. The predicted molar refractivity (Wildman–Crippen MR) is 74.9 cm³/mol. The van der Waals surface area contributed by atoms with E-state index in [1.165, 1.54) is 0 Å². The highest BCUT2D eigenvalue weighted by Gasteiger charge is 2.34. The van der Waals surface area contributed by atoms with Crippen LogP contribution in [0.1, 0.15) is 38.7 Å². The van der Waals surface area contributed by atoms with Gasteiger partial charge in [0.2, 0.25) is 0 Å². The molecule has 0 radical (unpaired) electrons. The molecule has 0 aliphatic rings. The number of methoxy groups -OCH3 is 1. The summed E-state index contributed by atoms with van der Waals surface area (Å²) >= 11 is 0. The van der Waals surface area contributed by atoms with E-state index in [-0.39, 0.29) is 11.3 Å². The summed E-state index contributed by atoms with van der Waals surface area (Å²) in [6.07, 6.45) is 0.420. The van der Waals surface area contributed by atoms with Gasteiger partial charge in [0.1, 0.15) is 5.75 Å². The molecule has 1 aromatic rings. The van der Waals surface area contributed by atoms with Gasteiger partial charge in [-0.25, -0.2) is 0 Å². The minimum atomic E-state index is -0.483. The van der Waals surface area contributed by atoms with Crippen LogP contribution in [0.2, 0.25) is 0 Å². The van der Waals surface area contributed by atoms with Gasteiger partial charge in [-0.3, -0.25) is 0 Å². The monoisotopic (exact) mass is 251 g/mol. The van der Waals surface area contributed by atoms with Crippen LogP contribution in [-0.4, -0.2) is 24.9 Å². The average Bonchev–Trinajstić information content (AvgIpc) is 2.40. The standard InChI is InChI=1S/C15H25NO2/c1-5-15(2,3)14(17)12(10-16)11-8-6-7-9-13(11)18-4/h6-9,12,14,17H,5,10,16H2,1-4H3. The lowest BCUT2D eigenvalue weighted by atomic mass is 9.75. The molecule has 0 aliphatic heterocycles. The molecule has 2 atom stereocenters. The number of hydrogen-bond donors (Lipinski definition) is 2. The molecule has 0 spiro atoms. The molecule has 2 unspecified atom stereocenters. The van der Waals surface area contributed by atoms with Crippen molar-refractivity contribution in [2.24, 2.45) is 11.1 Å². The first-order valence-electron chi connectivity index (χ1n) is 6.49. The molecule has 0 saturated carbocycles. The minimum absolute atomic E-state index is 0.101. The second kappa shape index (κ2) is 6.21. The molecule has 0 amide bonds. The summed E-state index contributed by atoms with van der Waals surface area (Å²) in [7, 11) is 1.64. The van der Waals surface area contributed by atoms with E-state index in [0.717, 1.165) is 17.7 Å². The Morgan fingerprint density at radius 3 is 2.44 bits per heavy atom. The van der Waals surface area contributed by atoms with Gasteiger partial charge >= 0.3 is 0 Å². The molecule has 0 fully saturated rings. The largest absolute Gasteiger partial charge is 0.496 e. The Morgan fingerprint density at radius 2 is 1.94 bits per heavy atom. The molecule has 18 heavy (non-hydrogen) atoms. The fourth-order valence-corrected chi connectivity index (χ4v) is 2.15. The first kappa shape index (κ1) is 15.0. The van der Waals surface area contributed by atoms with E-state index in [1.807, 2.05) is 24.3 Å². The van der Waals surface area contributed by atoms with Crippen molar-refractivity contribution in [1.29, 1.82) is 0 Å². The highest BCUT2D eigenvalue weighted by atomic mass is 16.5. The third kappa shape index (κ3) is 3.03. The molecule has 0 aromatic heterocycles. The van der Waals surface area contributed by atoms with Crippen molar-refractivity contribution in [2.45, 2.75) is 39.2 Å². The third-order valence-corrected chi connectivity index (χ3v) is 3.89. The van der Waals surface area contributed by atoms with Crippen molar-refractivity contribution in [3.8, 4) is 5.75 Å². The van der Waals surface area contributed by atoms with Crippen LogP contribution in [0.4, 0.5) is 0 Å². The lowest BCUT2D eigenvalue weighted by Gasteiger charge is -2.35. The smallest absolute Gasteiger partial charge is 0.122 e. The molecular formula is C15H25NO2. The Morgan fingerprint density at radius 1 is 1.33 bits per heavy atom. The van der Waals surface area contributed by atoms with Gasteiger partial charge in [-0.1, -0.05) is 39.0 Å². The number of aliphatic hydroxyl groups is 1. The Labute approximate surface area is 110 Å². The van der Waals surface area contributed by atoms with Gasteiger partial charge in [0.25, 0.3) is 0 Å². The van der Waals surface area contributed by atoms with Crippen molar-refractivity contribution >= 4 is 0 Å². The zero-order chi connectivity index (χ0) is 13.8. The number of para-hydroxylation sites is 1.